The number of carbonyl (C=O) groups excluding carboxylic acids is 1. The number of rotatable bonds is 2. The van der Waals surface area contributed by atoms with Crippen LogP contribution in [0.3, 0.4) is 0 Å². The van der Waals surface area contributed by atoms with E-state index in [1.807, 2.05) is 6.92 Å². The van der Waals surface area contributed by atoms with Crippen LogP contribution in [-0.4, -0.2) is 17.4 Å². The molecular formula is C6H7N2OS. The van der Waals surface area contributed by atoms with Crippen molar-refractivity contribution in [2.45, 2.75) is 6.92 Å². The lowest BCUT2D eigenvalue weighted by molar-refractivity contribution is 0.0951. The van der Waals surface area contributed by atoms with Crippen molar-refractivity contribution < 1.29 is 4.79 Å². The molecule has 0 bridgehead atoms. The molecule has 0 aliphatic carbocycles. The second kappa shape index (κ2) is 3.31. The number of amides is 1. The zero-order chi connectivity index (χ0) is 7.40. The van der Waals surface area contributed by atoms with Gasteiger partial charge in [-0.25, -0.2) is 4.98 Å². The van der Waals surface area contributed by atoms with Crippen LogP contribution < -0.4 is 5.32 Å². The van der Waals surface area contributed by atoms with Gasteiger partial charge in [-0.2, -0.15) is 0 Å². The Kier molecular flexibility index (Phi) is 2.39. The van der Waals surface area contributed by atoms with E-state index in [-0.39, 0.29) is 5.91 Å². The Labute approximate surface area is 63.1 Å². The molecule has 0 atom stereocenters. The molecule has 0 aromatic carbocycles. The van der Waals surface area contributed by atoms with Crippen LogP contribution in [0.5, 0.6) is 0 Å². The first-order valence-electron chi connectivity index (χ1n) is 2.94. The highest BCUT2D eigenvalue weighted by Gasteiger charge is 2.03. The third kappa shape index (κ3) is 1.54. The van der Waals surface area contributed by atoms with Crippen LogP contribution in [0.25, 0.3) is 0 Å². The fraction of sp³-hybridized carbons (Fsp3) is 0.333. The summed E-state index contributed by atoms with van der Waals surface area (Å²) >= 11 is 1.30. The fourth-order valence-corrected chi connectivity index (χ4v) is 1.01. The van der Waals surface area contributed by atoms with Crippen LogP contribution in [0.4, 0.5) is 0 Å². The summed E-state index contributed by atoms with van der Waals surface area (Å²) in [6.45, 7) is 2.50. The molecule has 1 N–H and O–H groups in total. The Morgan fingerprint density at radius 2 is 2.80 bits per heavy atom. The zero-order valence-electron chi connectivity index (χ0n) is 5.55. The molecule has 0 aliphatic heterocycles. The Balaban J connectivity index is 2.59. The third-order valence-corrected chi connectivity index (χ3v) is 1.50. The molecule has 0 unspecified atom stereocenters. The molecule has 1 radical (unpaired) electrons. The van der Waals surface area contributed by atoms with Gasteiger partial charge in [0.15, 0.2) is 5.51 Å². The van der Waals surface area contributed by atoms with Gasteiger partial charge >= 0.3 is 0 Å². The maximum atomic E-state index is 10.9. The van der Waals surface area contributed by atoms with E-state index in [0.717, 1.165) is 0 Å². The van der Waals surface area contributed by atoms with Gasteiger partial charge in [0.05, 0.1) is 0 Å². The molecule has 1 heterocycles. The third-order valence-electron chi connectivity index (χ3n) is 0.959. The average Bonchev–Trinajstić information content (AvgIpc) is 2.38. The topological polar surface area (TPSA) is 42.0 Å². The minimum Gasteiger partial charge on any atom is -0.351 e. The maximum Gasteiger partial charge on any atom is 0.270 e. The van der Waals surface area contributed by atoms with Crippen molar-refractivity contribution in [3.8, 4) is 0 Å². The number of nitrogens with zero attached hydrogens (tertiary/aromatic N) is 1. The van der Waals surface area contributed by atoms with Crippen molar-refractivity contribution in [3.05, 3.63) is 16.6 Å². The quantitative estimate of drug-likeness (QED) is 0.682. The van der Waals surface area contributed by atoms with E-state index in [0.29, 0.717) is 12.2 Å². The SMILES string of the molecule is CCNC(=O)c1cs[c]n1. The minimum absolute atomic E-state index is 0.125. The standard InChI is InChI=1S/C6H7N2OS/c1-2-7-6(9)5-3-10-4-8-5/h3H,2H2,1H3,(H,7,9). The smallest absolute Gasteiger partial charge is 0.270 e. The molecule has 0 aliphatic rings. The average molecular weight is 155 g/mol. The van der Waals surface area contributed by atoms with Crippen molar-refractivity contribution in [2.24, 2.45) is 0 Å². The Hall–Kier alpha value is -0.900. The van der Waals surface area contributed by atoms with Crippen LogP contribution >= 0.6 is 11.3 Å². The van der Waals surface area contributed by atoms with E-state index in [4.69, 9.17) is 0 Å². The molecular weight excluding hydrogens is 148 g/mol. The summed E-state index contributed by atoms with van der Waals surface area (Å²) < 4.78 is 0. The zero-order valence-corrected chi connectivity index (χ0v) is 6.36. The monoisotopic (exact) mass is 155 g/mol. The summed E-state index contributed by atoms with van der Waals surface area (Å²) in [5.41, 5.74) is 3.05. The van der Waals surface area contributed by atoms with Crippen molar-refractivity contribution in [3.63, 3.8) is 0 Å². The van der Waals surface area contributed by atoms with Gasteiger partial charge in [-0.05, 0) is 6.92 Å². The number of aromatic nitrogens is 1. The molecule has 0 spiro atoms. The van der Waals surface area contributed by atoms with Crippen molar-refractivity contribution in [2.75, 3.05) is 6.54 Å². The van der Waals surface area contributed by atoms with Gasteiger partial charge in [-0.1, -0.05) is 0 Å². The predicted molar refractivity (Wildman–Crippen MR) is 39.0 cm³/mol. The highest BCUT2D eigenvalue weighted by molar-refractivity contribution is 7.07. The number of hydrogen-bond donors (Lipinski definition) is 1. The van der Waals surface area contributed by atoms with Crippen LogP contribution in [0, 0.1) is 5.51 Å². The van der Waals surface area contributed by atoms with Gasteiger partial charge in [0.1, 0.15) is 5.69 Å². The molecule has 0 saturated heterocycles. The van der Waals surface area contributed by atoms with Gasteiger partial charge in [0.25, 0.3) is 5.91 Å². The largest absolute Gasteiger partial charge is 0.351 e. The highest BCUT2D eigenvalue weighted by Crippen LogP contribution is 1.98. The van der Waals surface area contributed by atoms with Crippen LogP contribution in [0.15, 0.2) is 5.38 Å². The maximum absolute atomic E-state index is 10.9. The number of thiazole rings is 1. The summed E-state index contributed by atoms with van der Waals surface area (Å²) in [7, 11) is 0. The van der Waals surface area contributed by atoms with E-state index in [1.165, 1.54) is 11.3 Å². The van der Waals surface area contributed by atoms with Crippen molar-refractivity contribution in [1.82, 2.24) is 10.3 Å². The second-order valence-corrected chi connectivity index (χ2v) is 2.34. The van der Waals surface area contributed by atoms with E-state index < -0.39 is 0 Å². The lowest BCUT2D eigenvalue weighted by Crippen LogP contribution is -2.22. The molecule has 0 fully saturated rings. The highest BCUT2D eigenvalue weighted by atomic mass is 32.1. The molecule has 1 rings (SSSR count). The van der Waals surface area contributed by atoms with E-state index >= 15 is 0 Å². The summed E-state index contributed by atoms with van der Waals surface area (Å²) in [6.07, 6.45) is 0. The molecule has 1 aromatic rings. The Morgan fingerprint density at radius 3 is 3.30 bits per heavy atom. The molecule has 3 nitrogen and oxygen atoms in total. The number of carbonyl (C=O) groups is 1. The van der Waals surface area contributed by atoms with E-state index in [2.05, 4.69) is 15.8 Å². The molecule has 53 valence electrons. The summed E-state index contributed by atoms with van der Waals surface area (Å²) in [6, 6.07) is 0. The Bertz CT molecular complexity index is 208. The summed E-state index contributed by atoms with van der Waals surface area (Å²) in [5, 5.41) is 4.30. The predicted octanol–water partition coefficient (Wildman–Crippen LogP) is 0.693. The Morgan fingerprint density at radius 1 is 2.00 bits per heavy atom. The second-order valence-electron chi connectivity index (χ2n) is 1.68. The first-order valence-corrected chi connectivity index (χ1v) is 3.82. The number of hydrogen-bond acceptors (Lipinski definition) is 3. The molecule has 4 heteroatoms. The summed E-state index contributed by atoms with van der Waals surface area (Å²) in [5.74, 6) is -0.125. The lowest BCUT2D eigenvalue weighted by Gasteiger charge is -1.94. The normalized spacial score (nSPS) is 9.30. The van der Waals surface area contributed by atoms with E-state index in [1.54, 1.807) is 5.38 Å². The summed E-state index contributed by atoms with van der Waals surface area (Å²) in [4.78, 5) is 14.6. The van der Waals surface area contributed by atoms with Crippen molar-refractivity contribution in [1.29, 1.82) is 0 Å². The number of nitrogens with one attached hydrogen (secondary N) is 1. The van der Waals surface area contributed by atoms with Crippen LogP contribution in [-0.2, 0) is 0 Å². The van der Waals surface area contributed by atoms with Gasteiger partial charge in [0, 0.05) is 11.9 Å². The molecule has 1 aromatic heterocycles. The van der Waals surface area contributed by atoms with Crippen LogP contribution in [0.2, 0.25) is 0 Å². The first kappa shape index (κ1) is 7.21. The fourth-order valence-electron chi connectivity index (χ4n) is 0.539. The first-order chi connectivity index (χ1) is 4.84. The van der Waals surface area contributed by atoms with Gasteiger partial charge in [-0.3, -0.25) is 4.79 Å². The molecule has 10 heavy (non-hydrogen) atoms. The molecule has 0 saturated carbocycles. The van der Waals surface area contributed by atoms with Crippen LogP contribution in [0.1, 0.15) is 17.4 Å². The van der Waals surface area contributed by atoms with E-state index in [9.17, 15) is 4.79 Å². The molecule has 1 amide bonds. The van der Waals surface area contributed by atoms with Gasteiger partial charge in [-0.15, -0.1) is 11.3 Å². The lowest BCUT2D eigenvalue weighted by atomic mass is 10.4. The van der Waals surface area contributed by atoms with Gasteiger partial charge < -0.3 is 5.32 Å². The minimum atomic E-state index is -0.125. The van der Waals surface area contributed by atoms with Crippen molar-refractivity contribution >= 4 is 17.2 Å². The van der Waals surface area contributed by atoms with Gasteiger partial charge in [0.2, 0.25) is 0 Å².